The van der Waals surface area contributed by atoms with Crippen LogP contribution in [0.3, 0.4) is 0 Å². The molecule has 0 saturated carbocycles. The number of aromatic nitrogens is 1. The number of hydrogen-bond acceptors (Lipinski definition) is 7. The molecule has 0 bridgehead atoms. The first-order valence-corrected chi connectivity index (χ1v) is 36.9. The second kappa shape index (κ2) is 132. The van der Waals surface area contributed by atoms with E-state index < -0.39 is 0 Å². The molecule has 0 N–H and O–H groups in total. The molecule has 7 nitrogen and oxygen atoms in total. The van der Waals surface area contributed by atoms with Gasteiger partial charge >= 0.3 is 147 Å². The van der Waals surface area contributed by atoms with Crippen LogP contribution in [0, 0.1) is 109 Å². The van der Waals surface area contributed by atoms with Crippen LogP contribution in [0.15, 0.2) is 181 Å². The summed E-state index contributed by atoms with van der Waals surface area (Å²) in [6.45, 7) is 98.5. The van der Waals surface area contributed by atoms with Gasteiger partial charge in [0.25, 0.3) is 0 Å². The van der Waals surface area contributed by atoms with E-state index in [1.54, 1.807) is 17.8 Å². The summed E-state index contributed by atoms with van der Waals surface area (Å²) in [5.41, 5.74) is 6.92. The number of hydrogen-bond donors (Lipinski definition) is 0. The van der Waals surface area contributed by atoms with E-state index in [0.29, 0.717) is 52.9 Å². The monoisotopic (exact) mass is 2640 g/mol. The summed E-state index contributed by atoms with van der Waals surface area (Å²) in [5.74, 6) is 4.62. The third kappa shape index (κ3) is 134. The van der Waals surface area contributed by atoms with E-state index in [1.807, 2.05) is 299 Å². The smallest absolute Gasteiger partial charge is 0.597 e. The van der Waals surface area contributed by atoms with Crippen LogP contribution in [-0.2, 0) is 147 Å². The molecule has 0 amide bonds. The molecule has 2 aliphatic rings. The molecule has 594 valence electrons. The zero-order valence-electron chi connectivity index (χ0n) is 73.3. The fraction of sp³-hybridized carbons (Fsp3) is 0.511. The Morgan fingerprint density at radius 3 is 1.06 bits per heavy atom. The SMILES string of the molecule is CC.CC.CC.CC.CC.CC.CC.CC.CC.CC(C)C1=CC=CC1.CC(C)C1=NC=CC1.CC(C)[C-]=Cc1[c-]cccc1.CC(C)[C-]=Nc1[c-]cccc1.CC(C)[C-]=Nc1[c-]cccc1.CC(C)[C-]=Nc1[c-]cccn1.[CH-]=CC(=[CH-])C(C)C.[CH-]=NC(=[CH-])C(C)C.[CH-]=NC=[C-]C(C)C.[W+2].[W+2].[W+2].[W+2].[W+2].[W+2].[W+2]. The molecule has 0 atom stereocenters. The van der Waals surface area contributed by atoms with Crippen LogP contribution in [0.4, 0.5) is 17.2 Å². The standard InChI is InChI=1S/C11H12.2C10H11N.C9H10N2.C8H12.C7H11N.C7H10.2C6H9N.9C2H6.7W/c1-10(2)8-9-11-6-4-3-5-7-11;2*1-9(2)8-11-10-6-4-3-5-7-10;1-8(2)7-11-9-5-3-4-6-10-9;1-7(2)8-5-3-4-6-8;1-6(2)7-4-3-5-8-7;1-5-7(4)6(2)3;1-6(2)4-5-7-3;1-5(2)6(3)7-4;9*1-2;;;;;;;/h3-6,9-10H,1-2H3;2*3-6,9H,1-2H3;3-4,6,8H,1-2H3;3-5,7H,6H2,1-2H3;3,5-6H,4H2,1-2H3;1,4-6H,2-3H3;3,5-6H,1-2H3;3-5H,1-2H3;9*1-2H3;;;;;;;/q4*-2;;;3*-2;;;;;;;;;;7*+2. The van der Waals surface area contributed by atoms with E-state index >= 15 is 0 Å². The fourth-order valence-corrected chi connectivity index (χ4v) is 4.81. The van der Waals surface area contributed by atoms with Crippen molar-refractivity contribution >= 4 is 61.1 Å². The van der Waals surface area contributed by atoms with Crippen molar-refractivity contribution in [3.8, 4) is 0 Å². The van der Waals surface area contributed by atoms with Crippen LogP contribution < -0.4 is 0 Å². The second-order valence-electron chi connectivity index (χ2n) is 20.6. The molecule has 0 fully saturated rings. The third-order valence-electron chi connectivity index (χ3n) is 9.56. The molecule has 0 unspecified atom stereocenters. The third-order valence-corrected chi connectivity index (χ3v) is 9.56. The maximum absolute atomic E-state index is 5.35. The van der Waals surface area contributed by atoms with Crippen molar-refractivity contribution in [2.75, 3.05) is 0 Å². The van der Waals surface area contributed by atoms with Crippen LogP contribution in [-0.4, -0.2) is 42.8 Å². The molecule has 1 aliphatic carbocycles. The number of pyridine rings is 1. The van der Waals surface area contributed by atoms with E-state index in [1.165, 1.54) is 24.4 Å². The van der Waals surface area contributed by atoms with Crippen LogP contribution in [0.1, 0.15) is 268 Å². The van der Waals surface area contributed by atoms with Gasteiger partial charge in [-0.3, -0.25) is 17.1 Å². The maximum Gasteiger partial charge on any atom is 2.00 e. The first-order valence-electron chi connectivity index (χ1n) is 36.9. The molecule has 14 heteroatoms. The van der Waals surface area contributed by atoms with E-state index in [0.717, 1.165) is 34.9 Å². The van der Waals surface area contributed by atoms with Crippen molar-refractivity contribution in [3.05, 3.63) is 212 Å². The van der Waals surface area contributed by atoms with Gasteiger partial charge in [0.05, 0.1) is 0 Å². The average Bonchev–Trinajstić information content (AvgIpc) is 1.62. The van der Waals surface area contributed by atoms with E-state index in [-0.39, 0.29) is 153 Å². The number of allylic oxidation sites excluding steroid dienone is 10. The van der Waals surface area contributed by atoms with Crippen LogP contribution in [0.25, 0.3) is 6.08 Å². The topological polar surface area (TPSA) is 87.0 Å². The summed E-state index contributed by atoms with van der Waals surface area (Å²) in [5, 5.41) is 0. The molecular weight excluding hydrogens is 2490 g/mol. The minimum absolute atomic E-state index is 0. The Kier molecular flexibility index (Phi) is 190. The van der Waals surface area contributed by atoms with Crippen LogP contribution in [0.5, 0.6) is 0 Å². The van der Waals surface area contributed by atoms with Crippen molar-refractivity contribution in [3.63, 3.8) is 0 Å². The Bertz CT molecular complexity index is 2240. The molecule has 106 heavy (non-hydrogen) atoms. The molecule has 1 aromatic heterocycles. The zero-order chi connectivity index (χ0) is 79.8. The Balaban J connectivity index is -0.0000000458. The number of para-hydroxylation sites is 2. The molecule has 4 aromatic rings. The summed E-state index contributed by atoms with van der Waals surface area (Å²) < 4.78 is 0. The van der Waals surface area contributed by atoms with Gasteiger partial charge in [0.2, 0.25) is 0 Å². The maximum atomic E-state index is 5.35. The van der Waals surface area contributed by atoms with Gasteiger partial charge in [-0.05, 0) is 18.3 Å². The number of benzene rings is 3. The predicted octanol–water partition coefficient (Wildman–Crippen LogP) is 29.3. The predicted molar refractivity (Wildman–Crippen MR) is 456 cm³/mol. The van der Waals surface area contributed by atoms with Gasteiger partial charge in [-0.25, -0.2) is 41.7 Å². The minimum Gasteiger partial charge on any atom is -0.597 e. The molecule has 3 aromatic carbocycles. The van der Waals surface area contributed by atoms with E-state index in [2.05, 4.69) is 156 Å². The van der Waals surface area contributed by atoms with Crippen molar-refractivity contribution in [2.24, 2.45) is 83.2 Å². The first kappa shape index (κ1) is 152. The molecule has 0 saturated heterocycles. The normalized spacial score (nSPS) is 9.71. The largest absolute Gasteiger partial charge is 2.00 e. The number of aliphatic imine (C=N–C) groups is 6. The fourth-order valence-electron chi connectivity index (χ4n) is 4.81. The Labute approximate surface area is 763 Å². The quantitative estimate of drug-likeness (QED) is 0.0625. The van der Waals surface area contributed by atoms with Crippen LogP contribution >= 0.6 is 0 Å². The summed E-state index contributed by atoms with van der Waals surface area (Å²) in [6.07, 6.45) is 34.2. The summed E-state index contributed by atoms with van der Waals surface area (Å²) in [6, 6.07) is 38.7. The Morgan fingerprint density at radius 2 is 0.849 bits per heavy atom. The van der Waals surface area contributed by atoms with Gasteiger partial charge in [-0.1, -0.05) is 303 Å². The molecule has 0 spiro atoms. The average molecular weight is 2640 g/mol. The van der Waals surface area contributed by atoms with Crippen LogP contribution in [0.2, 0.25) is 0 Å². The minimum atomic E-state index is 0. The Hall–Kier alpha value is -2.43. The van der Waals surface area contributed by atoms with Gasteiger partial charge in [-0.2, -0.15) is 92.6 Å². The molecule has 0 radical (unpaired) electrons. The van der Waals surface area contributed by atoms with Gasteiger partial charge in [0.15, 0.2) is 0 Å². The molecular formula is C92H149N7W7. The number of rotatable bonds is 16. The van der Waals surface area contributed by atoms with Gasteiger partial charge in [0.1, 0.15) is 0 Å². The van der Waals surface area contributed by atoms with Crippen molar-refractivity contribution in [1.82, 2.24) is 4.98 Å². The summed E-state index contributed by atoms with van der Waals surface area (Å²) in [7, 11) is 0. The summed E-state index contributed by atoms with van der Waals surface area (Å²) in [4.78, 5) is 26.8. The van der Waals surface area contributed by atoms with Gasteiger partial charge in [-0.15, -0.1) is 29.6 Å². The van der Waals surface area contributed by atoms with E-state index in [9.17, 15) is 0 Å². The first-order chi connectivity index (χ1) is 47.4. The van der Waals surface area contributed by atoms with Gasteiger partial charge in [0, 0.05) is 18.3 Å². The van der Waals surface area contributed by atoms with Crippen molar-refractivity contribution < 1.29 is 147 Å². The summed E-state index contributed by atoms with van der Waals surface area (Å²) >= 11 is 0. The Morgan fingerprint density at radius 1 is 0.453 bits per heavy atom. The molecule has 1 aliphatic heterocycles. The molecule has 2 heterocycles. The number of nitrogens with zero attached hydrogens (tertiary/aromatic N) is 7. The van der Waals surface area contributed by atoms with Crippen molar-refractivity contribution in [2.45, 2.75) is 262 Å². The van der Waals surface area contributed by atoms with E-state index in [4.69, 9.17) is 33.2 Å². The second-order valence-corrected chi connectivity index (χ2v) is 20.6. The zero-order valence-corrected chi connectivity index (χ0v) is 93.8. The van der Waals surface area contributed by atoms with Crippen molar-refractivity contribution in [1.29, 1.82) is 0 Å². The molecule has 6 rings (SSSR count). The van der Waals surface area contributed by atoms with Gasteiger partial charge < -0.3 is 103 Å².